The van der Waals surface area contributed by atoms with Crippen LogP contribution in [0.5, 0.6) is 0 Å². The van der Waals surface area contributed by atoms with Gasteiger partial charge in [0.05, 0.1) is 5.02 Å². The zero-order valence-electron chi connectivity index (χ0n) is 10.5. The highest BCUT2D eigenvalue weighted by molar-refractivity contribution is 6.41. The van der Waals surface area contributed by atoms with E-state index in [0.29, 0.717) is 0 Å². The van der Waals surface area contributed by atoms with Crippen molar-refractivity contribution >= 4 is 41.1 Å². The zero-order chi connectivity index (χ0) is 14.8. The summed E-state index contributed by atoms with van der Waals surface area (Å²) in [5.41, 5.74) is -0.996. The van der Waals surface area contributed by atoms with Crippen molar-refractivity contribution in [1.29, 1.82) is 0 Å². The third-order valence-electron chi connectivity index (χ3n) is 1.78. The van der Waals surface area contributed by atoms with Gasteiger partial charge in [0.25, 0.3) is 0 Å². The van der Waals surface area contributed by atoms with Gasteiger partial charge in [0.2, 0.25) is 0 Å². The summed E-state index contributed by atoms with van der Waals surface area (Å²) < 4.78 is 4.99. The molecule has 8 heteroatoms. The lowest BCUT2D eigenvalue weighted by Gasteiger charge is -2.19. The van der Waals surface area contributed by atoms with Crippen molar-refractivity contribution in [2.24, 2.45) is 0 Å². The molecule has 0 radical (unpaired) electrons. The molecule has 1 heterocycles. The van der Waals surface area contributed by atoms with Crippen LogP contribution in [0.1, 0.15) is 31.1 Å². The topological polar surface area (TPSA) is 88.5 Å². The average Bonchev–Trinajstić information content (AvgIpc) is 2.19. The number of carboxylic acids is 1. The minimum atomic E-state index is -1.29. The molecule has 1 amide bonds. The Kier molecular flexibility index (Phi) is 4.60. The number of halogens is 2. The van der Waals surface area contributed by atoms with E-state index < -0.39 is 17.7 Å². The van der Waals surface area contributed by atoms with Crippen LogP contribution in [0.4, 0.5) is 10.6 Å². The lowest BCUT2D eigenvalue weighted by atomic mass is 10.2. The fourth-order valence-corrected chi connectivity index (χ4v) is 1.42. The molecule has 0 aliphatic rings. The van der Waals surface area contributed by atoms with E-state index in [-0.39, 0.29) is 21.6 Å². The third-order valence-corrected chi connectivity index (χ3v) is 2.46. The second-order valence-corrected chi connectivity index (χ2v) is 5.35. The Morgan fingerprint density at radius 3 is 2.42 bits per heavy atom. The van der Waals surface area contributed by atoms with Crippen molar-refractivity contribution in [3.63, 3.8) is 0 Å². The van der Waals surface area contributed by atoms with E-state index in [1.54, 1.807) is 20.8 Å². The third kappa shape index (κ3) is 4.57. The van der Waals surface area contributed by atoms with Gasteiger partial charge in [-0.3, -0.25) is 5.32 Å². The van der Waals surface area contributed by atoms with Crippen LogP contribution in [0.25, 0.3) is 0 Å². The quantitative estimate of drug-likeness (QED) is 0.817. The predicted molar refractivity (Wildman–Crippen MR) is 71.1 cm³/mol. The van der Waals surface area contributed by atoms with E-state index >= 15 is 0 Å². The van der Waals surface area contributed by atoms with Gasteiger partial charge in [-0.25, -0.2) is 14.6 Å². The Bertz CT molecular complexity index is 526. The molecular weight excluding hydrogens is 295 g/mol. The van der Waals surface area contributed by atoms with Crippen LogP contribution >= 0.6 is 23.2 Å². The number of carbonyl (C=O) groups is 2. The molecule has 0 unspecified atom stereocenters. The molecule has 1 rings (SSSR count). The number of nitrogens with one attached hydrogen (secondary N) is 1. The first-order valence-electron chi connectivity index (χ1n) is 5.19. The Morgan fingerprint density at radius 1 is 1.37 bits per heavy atom. The molecule has 0 aromatic carbocycles. The van der Waals surface area contributed by atoms with E-state index in [2.05, 4.69) is 10.3 Å². The van der Waals surface area contributed by atoms with Gasteiger partial charge < -0.3 is 9.84 Å². The maximum Gasteiger partial charge on any atom is 0.413 e. The van der Waals surface area contributed by atoms with Crippen LogP contribution in [-0.4, -0.2) is 27.8 Å². The van der Waals surface area contributed by atoms with Crippen LogP contribution in [0.2, 0.25) is 10.2 Å². The average molecular weight is 307 g/mol. The largest absolute Gasteiger partial charge is 0.478 e. The number of rotatable bonds is 2. The first-order chi connectivity index (χ1) is 8.60. The Hall–Kier alpha value is -1.53. The molecule has 0 atom stereocenters. The van der Waals surface area contributed by atoms with Crippen LogP contribution < -0.4 is 5.32 Å². The number of ether oxygens (including phenoxy) is 1. The summed E-state index contributed by atoms with van der Waals surface area (Å²) in [4.78, 5) is 26.3. The molecule has 0 saturated carbocycles. The number of anilines is 1. The second-order valence-electron chi connectivity index (χ2n) is 4.59. The highest BCUT2D eigenvalue weighted by Gasteiger charge is 2.21. The first-order valence-corrected chi connectivity index (χ1v) is 5.95. The van der Waals surface area contributed by atoms with Gasteiger partial charge in [-0.2, -0.15) is 0 Å². The summed E-state index contributed by atoms with van der Waals surface area (Å²) in [7, 11) is 0. The normalized spacial score (nSPS) is 11.0. The maximum atomic E-state index is 11.6. The maximum absolute atomic E-state index is 11.6. The molecule has 19 heavy (non-hydrogen) atoms. The fraction of sp³-hybridized carbons (Fsp3) is 0.364. The summed E-state index contributed by atoms with van der Waals surface area (Å²) in [5, 5.41) is 11.1. The summed E-state index contributed by atoms with van der Waals surface area (Å²) in [6.07, 6.45) is -0.833. The molecule has 0 aliphatic heterocycles. The van der Waals surface area contributed by atoms with Crippen LogP contribution in [0, 0.1) is 0 Å². The lowest BCUT2D eigenvalue weighted by molar-refractivity contribution is 0.0635. The Morgan fingerprint density at radius 2 is 1.95 bits per heavy atom. The van der Waals surface area contributed by atoms with Gasteiger partial charge in [-0.15, -0.1) is 0 Å². The van der Waals surface area contributed by atoms with E-state index in [1.807, 2.05) is 0 Å². The summed E-state index contributed by atoms with van der Waals surface area (Å²) in [6.45, 7) is 5.02. The van der Waals surface area contributed by atoms with Gasteiger partial charge in [-0.1, -0.05) is 23.2 Å². The number of nitrogens with zero attached hydrogens (tertiary/aromatic N) is 1. The van der Waals surface area contributed by atoms with Crippen molar-refractivity contribution in [3.8, 4) is 0 Å². The van der Waals surface area contributed by atoms with Crippen LogP contribution in [0.3, 0.4) is 0 Å². The van der Waals surface area contributed by atoms with Gasteiger partial charge >= 0.3 is 12.1 Å². The predicted octanol–water partition coefficient (Wildman–Crippen LogP) is 3.43. The number of hydrogen-bond acceptors (Lipinski definition) is 4. The molecule has 1 aromatic heterocycles. The van der Waals surface area contributed by atoms with Crippen molar-refractivity contribution in [2.45, 2.75) is 26.4 Å². The molecule has 0 aliphatic carbocycles. The van der Waals surface area contributed by atoms with Crippen LogP contribution in [0.15, 0.2) is 6.07 Å². The Balaban J connectivity index is 3.03. The van der Waals surface area contributed by atoms with E-state index in [0.717, 1.165) is 6.07 Å². The molecule has 0 fully saturated rings. The highest BCUT2D eigenvalue weighted by Crippen LogP contribution is 2.25. The first kappa shape index (κ1) is 15.5. The van der Waals surface area contributed by atoms with Gasteiger partial charge in [-0.05, 0) is 26.8 Å². The summed E-state index contributed by atoms with van der Waals surface area (Å²) in [5.74, 6) is -1.52. The van der Waals surface area contributed by atoms with Crippen molar-refractivity contribution in [3.05, 3.63) is 21.8 Å². The Labute approximate surface area is 119 Å². The summed E-state index contributed by atoms with van der Waals surface area (Å²) >= 11 is 11.4. The molecule has 0 saturated heterocycles. The lowest BCUT2D eigenvalue weighted by Crippen LogP contribution is -2.28. The number of carbonyl (C=O) groups excluding carboxylic acids is 1. The molecule has 0 bridgehead atoms. The number of amides is 1. The van der Waals surface area contributed by atoms with Crippen LogP contribution in [-0.2, 0) is 4.74 Å². The molecule has 0 spiro atoms. The number of carboxylic acid groups (broad SMARTS) is 1. The van der Waals surface area contributed by atoms with Crippen molar-refractivity contribution in [2.75, 3.05) is 5.32 Å². The number of pyridine rings is 1. The fourth-order valence-electron chi connectivity index (χ4n) is 1.13. The monoisotopic (exact) mass is 306 g/mol. The molecule has 1 aromatic rings. The minimum Gasteiger partial charge on any atom is -0.478 e. The molecule has 6 nitrogen and oxygen atoms in total. The SMILES string of the molecule is CC(C)(C)OC(=O)Nc1nc(Cl)c(Cl)cc1C(=O)O. The van der Waals surface area contributed by atoms with E-state index in [4.69, 9.17) is 33.0 Å². The number of aromatic carboxylic acids is 1. The van der Waals surface area contributed by atoms with Crippen molar-refractivity contribution < 1.29 is 19.4 Å². The minimum absolute atomic E-state index is 0.0196. The van der Waals surface area contributed by atoms with Crippen molar-refractivity contribution in [1.82, 2.24) is 4.98 Å². The smallest absolute Gasteiger partial charge is 0.413 e. The zero-order valence-corrected chi connectivity index (χ0v) is 12.0. The van der Waals surface area contributed by atoms with Gasteiger partial charge in [0.15, 0.2) is 5.82 Å². The standard InChI is InChI=1S/C11H12Cl2N2O4/c1-11(2,3)19-10(18)15-8-5(9(16)17)4-6(12)7(13)14-8/h4H,1-3H3,(H,16,17)(H,14,15,18). The molecule has 2 N–H and O–H groups in total. The number of hydrogen-bond donors (Lipinski definition) is 2. The number of aromatic nitrogens is 1. The highest BCUT2D eigenvalue weighted by atomic mass is 35.5. The van der Waals surface area contributed by atoms with Gasteiger partial charge in [0.1, 0.15) is 16.3 Å². The summed E-state index contributed by atoms with van der Waals surface area (Å²) in [6, 6.07) is 1.10. The van der Waals surface area contributed by atoms with Gasteiger partial charge in [0, 0.05) is 0 Å². The van der Waals surface area contributed by atoms with E-state index in [9.17, 15) is 9.59 Å². The second kappa shape index (κ2) is 5.63. The van der Waals surface area contributed by atoms with E-state index in [1.165, 1.54) is 0 Å². The molecular formula is C11H12Cl2N2O4. The molecule has 104 valence electrons.